The molecule has 1 aliphatic carbocycles. The van der Waals surface area contributed by atoms with E-state index in [2.05, 4.69) is 20.6 Å². The zero-order chi connectivity index (χ0) is 21.8. The Morgan fingerprint density at radius 1 is 1.16 bits per heavy atom. The summed E-state index contributed by atoms with van der Waals surface area (Å²) in [4.78, 5) is 35.6. The summed E-state index contributed by atoms with van der Waals surface area (Å²) in [7, 11) is 0. The van der Waals surface area contributed by atoms with Crippen LogP contribution in [0.2, 0.25) is 5.02 Å². The highest BCUT2D eigenvalue weighted by Gasteiger charge is 2.27. The first-order valence-electron chi connectivity index (χ1n) is 9.91. The predicted octanol–water partition coefficient (Wildman–Crippen LogP) is 4.97. The second-order valence-electron chi connectivity index (χ2n) is 7.09. The molecule has 0 saturated carbocycles. The van der Waals surface area contributed by atoms with Gasteiger partial charge in [-0.2, -0.15) is 0 Å². The Morgan fingerprint density at radius 3 is 2.71 bits per heavy atom. The quantitative estimate of drug-likeness (QED) is 0.390. The molecule has 2 amide bonds. The summed E-state index contributed by atoms with van der Waals surface area (Å²) in [6.07, 6.45) is 7.11. The van der Waals surface area contributed by atoms with Gasteiger partial charge >= 0.3 is 0 Å². The molecule has 0 unspecified atom stereocenters. The Labute approximate surface area is 193 Å². The molecule has 0 saturated heterocycles. The van der Waals surface area contributed by atoms with Gasteiger partial charge in [0.2, 0.25) is 0 Å². The van der Waals surface area contributed by atoms with E-state index in [1.807, 2.05) is 36.6 Å². The van der Waals surface area contributed by atoms with E-state index >= 15 is 0 Å². The lowest BCUT2D eigenvalue weighted by Crippen LogP contribution is -2.25. The Balaban J connectivity index is 1.61. The first-order chi connectivity index (χ1) is 15.1. The van der Waals surface area contributed by atoms with Crippen molar-refractivity contribution in [3.63, 3.8) is 0 Å². The van der Waals surface area contributed by atoms with Crippen molar-refractivity contribution in [3.05, 3.63) is 68.8 Å². The van der Waals surface area contributed by atoms with Gasteiger partial charge in [0.15, 0.2) is 10.9 Å². The van der Waals surface area contributed by atoms with Crippen LogP contribution in [0.5, 0.6) is 0 Å². The van der Waals surface area contributed by atoms with Crippen LogP contribution in [0.25, 0.3) is 0 Å². The molecule has 160 valence electrons. The van der Waals surface area contributed by atoms with Crippen LogP contribution in [0.3, 0.4) is 0 Å². The molecule has 0 radical (unpaired) electrons. The molecule has 0 bridgehead atoms. The molecular weight excluding hydrogens is 452 g/mol. The fourth-order valence-corrected chi connectivity index (χ4v) is 5.33. The van der Waals surface area contributed by atoms with E-state index < -0.39 is 5.91 Å². The molecule has 2 heterocycles. The number of carbonyl (C=O) groups excluding carboxylic acids is 2. The van der Waals surface area contributed by atoms with Crippen LogP contribution in [-0.2, 0) is 19.4 Å². The van der Waals surface area contributed by atoms with E-state index in [4.69, 9.17) is 11.6 Å². The maximum Gasteiger partial charge on any atom is 0.276 e. The standard InChI is InChI=1S/C22H21ClN4O2S2/c1-30-22-25-12-15(23)18(26-22)20(29)27-21-17(14-9-5-6-10-16(14)31-21)19(28)24-11-13-7-3-2-4-8-13/h2-4,7-8,12H,5-6,9-11H2,1H3,(H,24,28)(H,27,29). The van der Waals surface area contributed by atoms with E-state index in [9.17, 15) is 9.59 Å². The molecule has 31 heavy (non-hydrogen) atoms. The normalized spacial score (nSPS) is 12.8. The molecule has 0 spiro atoms. The van der Waals surface area contributed by atoms with E-state index in [-0.39, 0.29) is 16.6 Å². The highest BCUT2D eigenvalue weighted by molar-refractivity contribution is 7.98. The van der Waals surface area contributed by atoms with Crippen LogP contribution in [0.1, 0.15) is 49.7 Å². The first-order valence-corrected chi connectivity index (χ1v) is 12.3. The molecule has 2 N–H and O–H groups in total. The number of fused-ring (bicyclic) bond motifs is 1. The summed E-state index contributed by atoms with van der Waals surface area (Å²) in [5, 5.41) is 7.06. The molecule has 6 nitrogen and oxygen atoms in total. The molecule has 0 aliphatic heterocycles. The smallest absolute Gasteiger partial charge is 0.276 e. The molecule has 4 rings (SSSR count). The van der Waals surface area contributed by atoms with Crippen molar-refractivity contribution in [2.24, 2.45) is 0 Å². The highest BCUT2D eigenvalue weighted by atomic mass is 35.5. The average Bonchev–Trinajstić information content (AvgIpc) is 3.16. The van der Waals surface area contributed by atoms with Gasteiger partial charge in [0.05, 0.1) is 16.8 Å². The monoisotopic (exact) mass is 472 g/mol. The van der Waals surface area contributed by atoms with Gasteiger partial charge in [-0.05, 0) is 43.1 Å². The fraction of sp³-hybridized carbons (Fsp3) is 0.273. The van der Waals surface area contributed by atoms with E-state index in [0.717, 1.165) is 41.7 Å². The lowest BCUT2D eigenvalue weighted by atomic mass is 9.95. The number of carbonyl (C=O) groups is 2. The number of thioether (sulfide) groups is 1. The number of hydrogen-bond donors (Lipinski definition) is 2. The van der Waals surface area contributed by atoms with Gasteiger partial charge in [-0.1, -0.05) is 53.7 Å². The Hall–Kier alpha value is -2.42. The number of aromatic nitrogens is 2. The summed E-state index contributed by atoms with van der Waals surface area (Å²) >= 11 is 8.96. The Kier molecular flexibility index (Phi) is 6.89. The number of rotatable bonds is 6. The van der Waals surface area contributed by atoms with E-state index in [1.165, 1.54) is 29.3 Å². The van der Waals surface area contributed by atoms with Crippen LogP contribution < -0.4 is 10.6 Å². The van der Waals surface area contributed by atoms with Gasteiger partial charge in [-0.3, -0.25) is 9.59 Å². The van der Waals surface area contributed by atoms with Crippen LogP contribution in [-0.4, -0.2) is 28.0 Å². The number of nitrogens with one attached hydrogen (secondary N) is 2. The van der Waals surface area contributed by atoms with Crippen molar-refractivity contribution in [2.75, 3.05) is 11.6 Å². The Bertz CT molecular complexity index is 1120. The average molecular weight is 473 g/mol. The minimum absolute atomic E-state index is 0.100. The lowest BCUT2D eigenvalue weighted by Gasteiger charge is -2.13. The molecule has 3 aromatic rings. The Morgan fingerprint density at radius 2 is 1.94 bits per heavy atom. The van der Waals surface area contributed by atoms with Crippen molar-refractivity contribution in [2.45, 2.75) is 37.4 Å². The second-order valence-corrected chi connectivity index (χ2v) is 9.38. The third-order valence-electron chi connectivity index (χ3n) is 5.04. The van der Waals surface area contributed by atoms with Gasteiger partial charge in [0.25, 0.3) is 11.8 Å². The molecular formula is C22H21ClN4O2S2. The van der Waals surface area contributed by atoms with Crippen LogP contribution in [0.4, 0.5) is 5.00 Å². The number of thiophene rings is 1. The number of amides is 2. The van der Waals surface area contributed by atoms with Gasteiger partial charge in [-0.15, -0.1) is 11.3 Å². The number of benzene rings is 1. The SMILES string of the molecule is CSc1ncc(Cl)c(C(=O)Nc2sc3c(c2C(=O)NCc2ccccc2)CCCC3)n1. The lowest BCUT2D eigenvalue weighted by molar-refractivity contribution is 0.0951. The summed E-state index contributed by atoms with van der Waals surface area (Å²) < 4.78 is 0. The van der Waals surface area contributed by atoms with Crippen LogP contribution >= 0.6 is 34.7 Å². The molecule has 1 aliphatic rings. The molecule has 2 aromatic heterocycles. The third-order valence-corrected chi connectivity index (χ3v) is 7.09. The van der Waals surface area contributed by atoms with Crippen LogP contribution in [0, 0.1) is 0 Å². The number of aryl methyl sites for hydroxylation is 1. The topological polar surface area (TPSA) is 84.0 Å². The predicted molar refractivity (Wildman–Crippen MR) is 125 cm³/mol. The maximum atomic E-state index is 13.1. The van der Waals surface area contributed by atoms with Gasteiger partial charge < -0.3 is 10.6 Å². The summed E-state index contributed by atoms with van der Waals surface area (Å²) in [6, 6.07) is 9.75. The molecule has 1 aromatic carbocycles. The summed E-state index contributed by atoms with van der Waals surface area (Å²) in [5.74, 6) is -0.629. The summed E-state index contributed by atoms with van der Waals surface area (Å²) in [6.45, 7) is 0.423. The zero-order valence-corrected chi connectivity index (χ0v) is 19.3. The maximum absolute atomic E-state index is 13.1. The van der Waals surface area contributed by atoms with Crippen molar-refractivity contribution in [1.82, 2.24) is 15.3 Å². The van der Waals surface area contributed by atoms with E-state index in [1.54, 1.807) is 0 Å². The molecule has 0 atom stereocenters. The summed E-state index contributed by atoms with van der Waals surface area (Å²) in [5.41, 5.74) is 2.71. The number of nitrogens with zero attached hydrogens (tertiary/aromatic N) is 2. The van der Waals surface area contributed by atoms with Crippen molar-refractivity contribution < 1.29 is 9.59 Å². The van der Waals surface area contributed by atoms with Crippen LogP contribution in [0.15, 0.2) is 41.7 Å². The zero-order valence-electron chi connectivity index (χ0n) is 16.9. The van der Waals surface area contributed by atoms with Gasteiger partial charge in [-0.25, -0.2) is 9.97 Å². The van der Waals surface area contributed by atoms with Gasteiger partial charge in [0.1, 0.15) is 5.00 Å². The minimum Gasteiger partial charge on any atom is -0.348 e. The van der Waals surface area contributed by atoms with E-state index in [0.29, 0.717) is 22.3 Å². The largest absolute Gasteiger partial charge is 0.348 e. The fourth-order valence-electron chi connectivity index (χ4n) is 3.53. The van der Waals surface area contributed by atoms with Crippen molar-refractivity contribution in [3.8, 4) is 0 Å². The second kappa shape index (κ2) is 9.80. The van der Waals surface area contributed by atoms with Crippen molar-refractivity contribution in [1.29, 1.82) is 0 Å². The highest BCUT2D eigenvalue weighted by Crippen LogP contribution is 2.38. The molecule has 9 heteroatoms. The minimum atomic E-state index is -0.446. The first kappa shape index (κ1) is 21.8. The van der Waals surface area contributed by atoms with Gasteiger partial charge in [0, 0.05) is 11.4 Å². The number of halogens is 1. The number of hydrogen-bond acceptors (Lipinski definition) is 6. The molecule has 0 fully saturated rings. The van der Waals surface area contributed by atoms with Crippen molar-refractivity contribution >= 4 is 51.5 Å². The third kappa shape index (κ3) is 4.92. The number of anilines is 1.